The number of hydrogen-bond donors (Lipinski definition) is 3. The Kier molecular flexibility index (Phi) is 4.77. The molecular formula is C12H18N2O4S. The molecule has 0 aliphatic carbocycles. The second-order valence-corrected chi connectivity index (χ2v) is 6.23. The van der Waals surface area contributed by atoms with Crippen molar-refractivity contribution in [1.29, 1.82) is 0 Å². The molecule has 1 rings (SSSR count). The van der Waals surface area contributed by atoms with E-state index in [1.54, 1.807) is 19.1 Å². The summed E-state index contributed by atoms with van der Waals surface area (Å²) in [6.07, 6.45) is -0.0962. The fourth-order valence-electron chi connectivity index (χ4n) is 1.61. The zero-order valence-corrected chi connectivity index (χ0v) is 11.8. The van der Waals surface area contributed by atoms with Gasteiger partial charge in [0.05, 0.1) is 11.4 Å². The van der Waals surface area contributed by atoms with Gasteiger partial charge in [-0.3, -0.25) is 9.52 Å². The normalized spacial score (nSPS) is 11.3. The Balaban J connectivity index is 2.79. The molecular weight excluding hydrogens is 268 g/mol. The SMILES string of the molecule is Cc1ccc(NS(=O)(=O)CCCC(=O)O)c(C)c1N. The van der Waals surface area contributed by atoms with Gasteiger partial charge in [0.2, 0.25) is 10.0 Å². The molecule has 4 N–H and O–H groups in total. The third-order valence-electron chi connectivity index (χ3n) is 2.80. The smallest absolute Gasteiger partial charge is 0.303 e. The lowest BCUT2D eigenvalue weighted by molar-refractivity contribution is -0.137. The van der Waals surface area contributed by atoms with Crippen molar-refractivity contribution in [2.45, 2.75) is 26.7 Å². The monoisotopic (exact) mass is 286 g/mol. The van der Waals surface area contributed by atoms with Crippen molar-refractivity contribution in [2.24, 2.45) is 0 Å². The predicted octanol–water partition coefficient (Wildman–Crippen LogP) is 1.49. The Morgan fingerprint density at radius 3 is 2.58 bits per heavy atom. The Morgan fingerprint density at radius 2 is 2.00 bits per heavy atom. The number of carboxylic acid groups (broad SMARTS) is 1. The number of sulfonamides is 1. The molecule has 0 fully saturated rings. The first-order valence-electron chi connectivity index (χ1n) is 5.81. The van der Waals surface area contributed by atoms with E-state index in [0.717, 1.165) is 5.56 Å². The van der Waals surface area contributed by atoms with E-state index in [0.29, 0.717) is 16.9 Å². The predicted molar refractivity (Wildman–Crippen MR) is 74.6 cm³/mol. The third-order valence-corrected chi connectivity index (χ3v) is 4.16. The van der Waals surface area contributed by atoms with Gasteiger partial charge >= 0.3 is 5.97 Å². The zero-order chi connectivity index (χ0) is 14.6. The molecule has 0 aliphatic heterocycles. The van der Waals surface area contributed by atoms with Crippen LogP contribution >= 0.6 is 0 Å². The van der Waals surface area contributed by atoms with Crippen LogP contribution in [-0.4, -0.2) is 25.2 Å². The van der Waals surface area contributed by atoms with E-state index in [1.807, 2.05) is 6.92 Å². The van der Waals surface area contributed by atoms with Crippen LogP contribution < -0.4 is 10.5 Å². The van der Waals surface area contributed by atoms with E-state index in [4.69, 9.17) is 10.8 Å². The molecule has 0 amide bonds. The molecule has 1 aromatic rings. The summed E-state index contributed by atoms with van der Waals surface area (Å²) >= 11 is 0. The maximum atomic E-state index is 11.8. The molecule has 0 spiro atoms. The molecule has 0 saturated heterocycles. The molecule has 7 heteroatoms. The largest absolute Gasteiger partial charge is 0.481 e. The van der Waals surface area contributed by atoms with Gasteiger partial charge in [0.1, 0.15) is 0 Å². The van der Waals surface area contributed by atoms with Gasteiger partial charge < -0.3 is 10.8 Å². The number of aryl methyl sites for hydroxylation is 1. The van der Waals surface area contributed by atoms with Gasteiger partial charge in [-0.2, -0.15) is 0 Å². The van der Waals surface area contributed by atoms with Crippen molar-refractivity contribution >= 4 is 27.4 Å². The highest BCUT2D eigenvalue weighted by Gasteiger charge is 2.14. The summed E-state index contributed by atoms with van der Waals surface area (Å²) in [6, 6.07) is 3.38. The van der Waals surface area contributed by atoms with Crippen molar-refractivity contribution in [3.63, 3.8) is 0 Å². The molecule has 19 heavy (non-hydrogen) atoms. The first-order valence-corrected chi connectivity index (χ1v) is 7.46. The van der Waals surface area contributed by atoms with Gasteiger partial charge in [-0.25, -0.2) is 8.42 Å². The van der Waals surface area contributed by atoms with Gasteiger partial charge in [0.15, 0.2) is 0 Å². The van der Waals surface area contributed by atoms with Gasteiger partial charge in [0, 0.05) is 12.1 Å². The number of benzene rings is 1. The maximum Gasteiger partial charge on any atom is 0.303 e. The van der Waals surface area contributed by atoms with E-state index in [-0.39, 0.29) is 18.6 Å². The molecule has 1 aromatic carbocycles. The van der Waals surface area contributed by atoms with Crippen LogP contribution in [0.15, 0.2) is 12.1 Å². The van der Waals surface area contributed by atoms with E-state index >= 15 is 0 Å². The fourth-order valence-corrected chi connectivity index (χ4v) is 2.79. The molecule has 0 unspecified atom stereocenters. The van der Waals surface area contributed by atoms with Crippen molar-refractivity contribution in [3.05, 3.63) is 23.3 Å². The first kappa shape index (κ1) is 15.3. The summed E-state index contributed by atoms with van der Waals surface area (Å²) in [7, 11) is -3.55. The molecule has 0 saturated carbocycles. The number of rotatable bonds is 6. The Hall–Kier alpha value is -1.76. The van der Waals surface area contributed by atoms with Crippen LogP contribution in [0.4, 0.5) is 11.4 Å². The summed E-state index contributed by atoms with van der Waals surface area (Å²) in [5, 5.41) is 8.48. The Labute approximate surface area is 112 Å². The number of aliphatic carboxylic acids is 1. The molecule has 0 atom stereocenters. The van der Waals surface area contributed by atoms with Crippen LogP contribution in [0.25, 0.3) is 0 Å². The number of nitrogen functional groups attached to an aromatic ring is 1. The lowest BCUT2D eigenvalue weighted by atomic mass is 10.1. The number of hydrogen-bond acceptors (Lipinski definition) is 4. The number of nitrogens with one attached hydrogen (secondary N) is 1. The van der Waals surface area contributed by atoms with Crippen molar-refractivity contribution < 1.29 is 18.3 Å². The highest BCUT2D eigenvalue weighted by atomic mass is 32.2. The quantitative estimate of drug-likeness (QED) is 0.686. The zero-order valence-electron chi connectivity index (χ0n) is 10.9. The average Bonchev–Trinajstić information content (AvgIpc) is 2.29. The van der Waals surface area contributed by atoms with E-state index in [9.17, 15) is 13.2 Å². The van der Waals surface area contributed by atoms with Gasteiger partial charge in [0.25, 0.3) is 0 Å². The second-order valence-electron chi connectivity index (χ2n) is 4.39. The highest BCUT2D eigenvalue weighted by molar-refractivity contribution is 7.92. The lowest BCUT2D eigenvalue weighted by Crippen LogP contribution is -2.18. The van der Waals surface area contributed by atoms with Crippen LogP contribution in [0.1, 0.15) is 24.0 Å². The van der Waals surface area contributed by atoms with Crippen LogP contribution in [0, 0.1) is 13.8 Å². The lowest BCUT2D eigenvalue weighted by Gasteiger charge is -2.13. The summed E-state index contributed by atoms with van der Waals surface area (Å²) < 4.78 is 26.0. The number of nitrogens with two attached hydrogens (primary N) is 1. The summed E-state index contributed by atoms with van der Waals surface area (Å²) in [5.74, 6) is -1.24. The number of carbonyl (C=O) groups is 1. The maximum absolute atomic E-state index is 11.8. The van der Waals surface area contributed by atoms with Crippen LogP contribution in [-0.2, 0) is 14.8 Å². The summed E-state index contributed by atoms with van der Waals surface area (Å²) in [5.41, 5.74) is 8.35. The van der Waals surface area contributed by atoms with Crippen LogP contribution in [0.5, 0.6) is 0 Å². The first-order chi connectivity index (χ1) is 8.73. The number of carboxylic acids is 1. The van der Waals surface area contributed by atoms with Crippen LogP contribution in [0.3, 0.4) is 0 Å². The van der Waals surface area contributed by atoms with E-state index in [2.05, 4.69) is 4.72 Å². The molecule has 0 bridgehead atoms. The van der Waals surface area contributed by atoms with Gasteiger partial charge in [-0.15, -0.1) is 0 Å². The van der Waals surface area contributed by atoms with Crippen LogP contribution in [0.2, 0.25) is 0 Å². The number of anilines is 2. The molecule has 0 heterocycles. The second kappa shape index (κ2) is 5.92. The average molecular weight is 286 g/mol. The van der Waals surface area contributed by atoms with E-state index < -0.39 is 16.0 Å². The highest BCUT2D eigenvalue weighted by Crippen LogP contribution is 2.25. The minimum atomic E-state index is -3.55. The Bertz CT molecular complexity index is 582. The van der Waals surface area contributed by atoms with E-state index in [1.165, 1.54) is 0 Å². The molecule has 106 valence electrons. The van der Waals surface area contributed by atoms with Crippen molar-refractivity contribution in [1.82, 2.24) is 0 Å². The summed E-state index contributed by atoms with van der Waals surface area (Å²) in [6.45, 7) is 3.57. The van der Waals surface area contributed by atoms with Crippen molar-refractivity contribution in [2.75, 3.05) is 16.2 Å². The molecule has 0 aromatic heterocycles. The standard InChI is InChI=1S/C12H18N2O4S/c1-8-5-6-10(9(2)12(8)13)14-19(17,18)7-3-4-11(15)16/h5-6,14H,3-4,7,13H2,1-2H3,(H,15,16). The van der Waals surface area contributed by atoms with Gasteiger partial charge in [-0.05, 0) is 37.5 Å². The molecule has 0 aliphatic rings. The molecule has 0 radical (unpaired) electrons. The minimum absolute atomic E-state index is 0.0745. The third kappa shape index (κ3) is 4.44. The topological polar surface area (TPSA) is 109 Å². The van der Waals surface area contributed by atoms with Gasteiger partial charge in [-0.1, -0.05) is 6.07 Å². The summed E-state index contributed by atoms with van der Waals surface area (Å²) in [4.78, 5) is 10.3. The Morgan fingerprint density at radius 1 is 1.37 bits per heavy atom. The fraction of sp³-hybridized carbons (Fsp3) is 0.417. The minimum Gasteiger partial charge on any atom is -0.481 e. The van der Waals surface area contributed by atoms with Crippen molar-refractivity contribution in [3.8, 4) is 0 Å². The molecule has 6 nitrogen and oxygen atoms in total.